The van der Waals surface area contributed by atoms with Gasteiger partial charge in [0.2, 0.25) is 0 Å². The summed E-state index contributed by atoms with van der Waals surface area (Å²) in [5.41, 5.74) is 6.93. The second-order valence-corrected chi connectivity index (χ2v) is 9.29. The Labute approximate surface area is 178 Å². The third-order valence-corrected chi connectivity index (χ3v) is 5.51. The van der Waals surface area contributed by atoms with Crippen LogP contribution in [0.15, 0.2) is 22.7 Å². The monoisotopic (exact) mass is 431 g/mol. The molecule has 1 aliphatic heterocycles. The van der Waals surface area contributed by atoms with Crippen LogP contribution in [0, 0.1) is 0 Å². The van der Waals surface area contributed by atoms with Crippen LogP contribution in [-0.2, 0) is 16.1 Å². The lowest BCUT2D eigenvalue weighted by Crippen LogP contribution is -2.43. The van der Waals surface area contributed by atoms with Crippen LogP contribution in [0.2, 0.25) is 0 Å². The number of benzene rings is 1. The number of aromatic nitrogens is 3. The fourth-order valence-electron chi connectivity index (χ4n) is 3.23. The lowest BCUT2D eigenvalue weighted by atomic mass is 10.1. The van der Waals surface area contributed by atoms with Crippen molar-refractivity contribution in [2.24, 2.45) is 0 Å². The number of fused-ring (bicyclic) bond motifs is 1. The maximum absolute atomic E-state index is 12.1. The lowest BCUT2D eigenvalue weighted by molar-refractivity contribution is -0.0190. The summed E-state index contributed by atoms with van der Waals surface area (Å²) in [5, 5.41) is 4.54. The minimum atomic E-state index is -0.488. The van der Waals surface area contributed by atoms with Gasteiger partial charge in [0.05, 0.1) is 16.3 Å². The number of nitrogen functional groups attached to an aromatic ring is 1. The van der Waals surface area contributed by atoms with Gasteiger partial charge in [0.1, 0.15) is 12.2 Å². The lowest BCUT2D eigenvalue weighted by Gasteiger charge is -2.33. The van der Waals surface area contributed by atoms with Crippen LogP contribution in [0.5, 0.6) is 0 Å². The number of amides is 1. The van der Waals surface area contributed by atoms with E-state index in [1.54, 1.807) is 4.90 Å². The molecule has 1 aliphatic rings. The van der Waals surface area contributed by atoms with Crippen LogP contribution in [0.1, 0.15) is 39.4 Å². The molecule has 1 saturated heterocycles. The van der Waals surface area contributed by atoms with Crippen LogP contribution in [0.4, 0.5) is 9.93 Å². The van der Waals surface area contributed by atoms with E-state index in [1.807, 2.05) is 39.0 Å². The van der Waals surface area contributed by atoms with E-state index in [0.717, 1.165) is 28.6 Å². The molecule has 9 nitrogen and oxygen atoms in total. The summed E-state index contributed by atoms with van der Waals surface area (Å²) < 4.78 is 17.7. The Kier molecular flexibility index (Phi) is 5.61. The van der Waals surface area contributed by atoms with Gasteiger partial charge in [-0.1, -0.05) is 16.5 Å². The number of nitrogens with two attached hydrogens (primary N) is 1. The molecule has 1 aromatic carbocycles. The minimum absolute atomic E-state index is 0.0437. The van der Waals surface area contributed by atoms with E-state index in [9.17, 15) is 4.79 Å². The second kappa shape index (κ2) is 8.19. The number of carbonyl (C=O) groups excluding carboxylic acids is 1. The number of thiazole rings is 1. The molecule has 2 N–H and O–H groups in total. The van der Waals surface area contributed by atoms with Gasteiger partial charge in [0.25, 0.3) is 5.89 Å². The summed E-state index contributed by atoms with van der Waals surface area (Å²) in [5.74, 6) is 0.922. The molecule has 0 bridgehead atoms. The van der Waals surface area contributed by atoms with E-state index in [4.69, 9.17) is 19.7 Å². The number of likely N-dealkylation sites (tertiary alicyclic amines) is 1. The van der Waals surface area contributed by atoms with Crippen molar-refractivity contribution in [3.8, 4) is 11.5 Å². The first-order valence-corrected chi connectivity index (χ1v) is 10.7. The van der Waals surface area contributed by atoms with E-state index in [-0.39, 0.29) is 18.8 Å². The van der Waals surface area contributed by atoms with Crippen molar-refractivity contribution < 1.29 is 18.8 Å². The maximum Gasteiger partial charge on any atom is 0.410 e. The normalized spacial score (nSPS) is 15.6. The Morgan fingerprint density at radius 1 is 1.30 bits per heavy atom. The van der Waals surface area contributed by atoms with Crippen LogP contribution in [0.3, 0.4) is 0 Å². The molecule has 0 saturated carbocycles. The first kappa shape index (κ1) is 20.5. The molecular formula is C20H25N5O4S. The number of nitrogens with zero attached hydrogens (tertiary/aromatic N) is 4. The molecule has 30 heavy (non-hydrogen) atoms. The first-order valence-electron chi connectivity index (χ1n) is 9.85. The summed E-state index contributed by atoms with van der Waals surface area (Å²) in [6, 6.07) is 5.70. The molecular weight excluding hydrogens is 406 g/mol. The average molecular weight is 432 g/mol. The van der Waals surface area contributed by atoms with Gasteiger partial charge in [-0.25, -0.2) is 9.78 Å². The van der Waals surface area contributed by atoms with Gasteiger partial charge in [0.15, 0.2) is 11.0 Å². The summed E-state index contributed by atoms with van der Waals surface area (Å²) in [7, 11) is 0. The number of carbonyl (C=O) groups is 1. The molecule has 10 heteroatoms. The van der Waals surface area contributed by atoms with Crippen molar-refractivity contribution in [3.63, 3.8) is 0 Å². The van der Waals surface area contributed by atoms with Crippen molar-refractivity contribution in [2.45, 2.75) is 51.9 Å². The molecule has 3 heterocycles. The van der Waals surface area contributed by atoms with Crippen LogP contribution < -0.4 is 5.73 Å². The minimum Gasteiger partial charge on any atom is -0.444 e. The predicted octanol–water partition coefficient (Wildman–Crippen LogP) is 3.84. The fraction of sp³-hybridized carbons (Fsp3) is 0.500. The number of hydrogen-bond acceptors (Lipinski definition) is 9. The quantitative estimate of drug-likeness (QED) is 0.662. The van der Waals surface area contributed by atoms with E-state index < -0.39 is 5.60 Å². The van der Waals surface area contributed by atoms with Gasteiger partial charge in [-0.2, -0.15) is 4.98 Å². The summed E-state index contributed by atoms with van der Waals surface area (Å²) in [4.78, 5) is 22.5. The molecule has 3 aromatic rings. The first-order chi connectivity index (χ1) is 14.3. The number of ether oxygens (including phenoxy) is 2. The molecule has 0 aliphatic carbocycles. The molecule has 0 radical (unpaired) electrons. The Hall–Kier alpha value is -2.72. The largest absolute Gasteiger partial charge is 0.444 e. The SMILES string of the molecule is CC(C)(C)OC(=O)N1CCC(OCc2noc(-c3ccc4nc(N)sc4c3)n2)CC1. The molecule has 160 valence electrons. The van der Waals surface area contributed by atoms with E-state index in [1.165, 1.54) is 11.3 Å². The van der Waals surface area contributed by atoms with Gasteiger partial charge in [-0.05, 0) is 51.8 Å². The van der Waals surface area contributed by atoms with Gasteiger partial charge in [0, 0.05) is 18.7 Å². The molecule has 0 unspecified atom stereocenters. The van der Waals surface area contributed by atoms with Crippen molar-refractivity contribution in [1.29, 1.82) is 0 Å². The smallest absolute Gasteiger partial charge is 0.410 e. The highest BCUT2D eigenvalue weighted by Crippen LogP contribution is 2.28. The zero-order valence-electron chi connectivity index (χ0n) is 17.3. The van der Waals surface area contributed by atoms with E-state index >= 15 is 0 Å². The molecule has 4 rings (SSSR count). The van der Waals surface area contributed by atoms with E-state index in [2.05, 4.69) is 15.1 Å². The summed E-state index contributed by atoms with van der Waals surface area (Å²) in [6.45, 7) is 7.07. The zero-order chi connectivity index (χ0) is 21.3. The van der Waals surface area contributed by atoms with Gasteiger partial charge >= 0.3 is 6.09 Å². The second-order valence-electron chi connectivity index (χ2n) is 8.23. The Bertz CT molecular complexity index is 1030. The van der Waals surface area contributed by atoms with Crippen LogP contribution in [-0.4, -0.2) is 50.9 Å². The third kappa shape index (κ3) is 4.88. The maximum atomic E-state index is 12.1. The number of hydrogen-bond donors (Lipinski definition) is 1. The molecule has 0 atom stereocenters. The highest BCUT2D eigenvalue weighted by molar-refractivity contribution is 7.22. The average Bonchev–Trinajstić information content (AvgIpc) is 3.30. The summed E-state index contributed by atoms with van der Waals surface area (Å²) >= 11 is 1.42. The highest BCUT2D eigenvalue weighted by atomic mass is 32.1. The zero-order valence-corrected chi connectivity index (χ0v) is 18.1. The predicted molar refractivity (Wildman–Crippen MR) is 113 cm³/mol. The van der Waals surface area contributed by atoms with Crippen molar-refractivity contribution in [3.05, 3.63) is 24.0 Å². The number of anilines is 1. The molecule has 0 spiro atoms. The van der Waals surface area contributed by atoms with Gasteiger partial charge < -0.3 is 24.6 Å². The van der Waals surface area contributed by atoms with Crippen molar-refractivity contribution in [1.82, 2.24) is 20.0 Å². The Balaban J connectivity index is 1.29. The fourth-order valence-corrected chi connectivity index (χ4v) is 4.00. The van der Waals surface area contributed by atoms with Gasteiger partial charge in [-0.15, -0.1) is 0 Å². The van der Waals surface area contributed by atoms with Crippen LogP contribution >= 0.6 is 11.3 Å². The molecule has 1 fully saturated rings. The summed E-state index contributed by atoms with van der Waals surface area (Å²) in [6.07, 6.45) is 1.26. The topological polar surface area (TPSA) is 117 Å². The van der Waals surface area contributed by atoms with Crippen molar-refractivity contribution >= 4 is 32.8 Å². The molecule has 2 aromatic heterocycles. The third-order valence-electron chi connectivity index (χ3n) is 4.66. The number of rotatable bonds is 4. The number of piperidine rings is 1. The molecule has 1 amide bonds. The standard InChI is InChI=1S/C20H25N5O4S/c1-20(2,3)28-19(26)25-8-6-13(7-9-25)27-11-16-23-17(29-24-16)12-4-5-14-15(10-12)30-18(21)22-14/h4-5,10,13H,6-9,11H2,1-3H3,(H2,21,22). The van der Waals surface area contributed by atoms with Crippen LogP contribution in [0.25, 0.3) is 21.7 Å². The Morgan fingerprint density at radius 2 is 2.07 bits per heavy atom. The van der Waals surface area contributed by atoms with E-state index in [0.29, 0.717) is 29.9 Å². The highest BCUT2D eigenvalue weighted by Gasteiger charge is 2.27. The Morgan fingerprint density at radius 3 is 2.80 bits per heavy atom. The van der Waals surface area contributed by atoms with Gasteiger partial charge in [-0.3, -0.25) is 0 Å². The van der Waals surface area contributed by atoms with Crippen molar-refractivity contribution in [2.75, 3.05) is 18.8 Å².